The Morgan fingerprint density at radius 1 is 1.30 bits per heavy atom. The molecule has 5 N–H and O–H groups in total. The number of carbonyl (C=O) groups is 1. The molecule has 2 aromatic rings. The molecule has 11 nitrogen and oxygen atoms in total. The van der Waals surface area contributed by atoms with Crippen molar-refractivity contribution in [2.75, 3.05) is 18.5 Å². The minimum Gasteiger partial charge on any atom is -0.480 e. The van der Waals surface area contributed by atoms with Gasteiger partial charge in [-0.3, -0.25) is 9.36 Å². The van der Waals surface area contributed by atoms with Crippen molar-refractivity contribution in [2.45, 2.75) is 24.5 Å². The van der Waals surface area contributed by atoms with Gasteiger partial charge in [-0.05, 0) is 0 Å². The Morgan fingerprint density at radius 3 is 2.74 bits per heavy atom. The van der Waals surface area contributed by atoms with E-state index in [9.17, 15) is 15.0 Å². The molecule has 3 rings (SSSR count). The van der Waals surface area contributed by atoms with Crippen molar-refractivity contribution in [3.05, 3.63) is 12.7 Å². The standard InChI is InChI=1S/C12H15N5O6/c18-2-5-8(21)9(22)12(23-5)17-4-16-7-10(13-1-6(19)20)14-3-15-11(7)17/h3-5,8-9,12,18,21-22H,1-2H2,(H,19,20)(H,13,14,15). The van der Waals surface area contributed by atoms with Crippen molar-refractivity contribution in [1.29, 1.82) is 0 Å². The topological polar surface area (TPSA) is 163 Å². The van der Waals surface area contributed by atoms with Crippen molar-refractivity contribution in [2.24, 2.45) is 0 Å². The lowest BCUT2D eigenvalue weighted by Crippen LogP contribution is -2.33. The number of hydrogen-bond acceptors (Lipinski definition) is 9. The van der Waals surface area contributed by atoms with E-state index in [2.05, 4.69) is 20.3 Å². The third-order valence-electron chi connectivity index (χ3n) is 3.56. The first-order valence-corrected chi connectivity index (χ1v) is 6.78. The van der Waals surface area contributed by atoms with Crippen molar-refractivity contribution in [3.63, 3.8) is 0 Å². The van der Waals surface area contributed by atoms with E-state index in [1.54, 1.807) is 0 Å². The zero-order valence-corrected chi connectivity index (χ0v) is 11.8. The van der Waals surface area contributed by atoms with Gasteiger partial charge in [-0.1, -0.05) is 0 Å². The molecular formula is C12H15N5O6. The van der Waals surface area contributed by atoms with Crippen LogP contribution < -0.4 is 5.32 Å². The molecule has 0 amide bonds. The van der Waals surface area contributed by atoms with E-state index in [0.29, 0.717) is 11.2 Å². The molecule has 1 fully saturated rings. The Balaban J connectivity index is 1.94. The van der Waals surface area contributed by atoms with Gasteiger partial charge in [-0.25, -0.2) is 15.0 Å². The van der Waals surface area contributed by atoms with Crippen LogP contribution in [-0.4, -0.2) is 77.4 Å². The highest BCUT2D eigenvalue weighted by molar-refractivity contribution is 5.84. The molecule has 3 heterocycles. The maximum atomic E-state index is 10.6. The molecule has 124 valence electrons. The van der Waals surface area contributed by atoms with Gasteiger partial charge < -0.3 is 30.5 Å². The van der Waals surface area contributed by atoms with Gasteiger partial charge in [0.25, 0.3) is 0 Å². The maximum absolute atomic E-state index is 10.6. The Kier molecular flexibility index (Phi) is 4.09. The van der Waals surface area contributed by atoms with Crippen LogP contribution >= 0.6 is 0 Å². The van der Waals surface area contributed by atoms with Gasteiger partial charge in [0.1, 0.15) is 31.2 Å². The summed E-state index contributed by atoms with van der Waals surface area (Å²) in [6, 6.07) is 0. The van der Waals surface area contributed by atoms with E-state index in [0.717, 1.165) is 0 Å². The van der Waals surface area contributed by atoms with Gasteiger partial charge >= 0.3 is 5.97 Å². The van der Waals surface area contributed by atoms with Gasteiger partial charge in [0, 0.05) is 0 Å². The zero-order valence-electron chi connectivity index (χ0n) is 11.8. The Hall–Kier alpha value is -2.34. The summed E-state index contributed by atoms with van der Waals surface area (Å²) < 4.78 is 6.82. The Bertz CT molecular complexity index is 721. The maximum Gasteiger partial charge on any atom is 0.322 e. The second-order valence-corrected chi connectivity index (χ2v) is 5.02. The van der Waals surface area contributed by atoms with Gasteiger partial charge in [0.05, 0.1) is 12.9 Å². The number of ether oxygens (including phenoxy) is 1. The molecule has 4 unspecified atom stereocenters. The summed E-state index contributed by atoms with van der Waals surface area (Å²) in [7, 11) is 0. The number of nitrogens with one attached hydrogen (secondary N) is 1. The van der Waals surface area contributed by atoms with Gasteiger partial charge in [0.2, 0.25) is 0 Å². The lowest BCUT2D eigenvalue weighted by molar-refractivity contribution is -0.134. The molecule has 23 heavy (non-hydrogen) atoms. The smallest absolute Gasteiger partial charge is 0.322 e. The average Bonchev–Trinajstić information content (AvgIpc) is 3.08. The second-order valence-electron chi connectivity index (χ2n) is 5.02. The summed E-state index contributed by atoms with van der Waals surface area (Å²) in [5.74, 6) is -0.831. The van der Waals surface area contributed by atoms with Crippen molar-refractivity contribution in [1.82, 2.24) is 19.5 Å². The van der Waals surface area contributed by atoms with Crippen LogP contribution in [0.4, 0.5) is 5.82 Å². The van der Waals surface area contributed by atoms with Crippen LogP contribution in [0.3, 0.4) is 0 Å². The van der Waals surface area contributed by atoms with Crippen LogP contribution in [0.25, 0.3) is 11.2 Å². The van der Waals surface area contributed by atoms with Crippen LogP contribution in [0.15, 0.2) is 12.7 Å². The molecule has 0 radical (unpaired) electrons. The van der Waals surface area contributed by atoms with Crippen molar-refractivity contribution < 1.29 is 30.0 Å². The third kappa shape index (κ3) is 2.70. The molecule has 1 saturated heterocycles. The summed E-state index contributed by atoms with van der Waals surface area (Å²) in [6.07, 6.45) is -1.85. The predicted molar refractivity (Wildman–Crippen MR) is 74.5 cm³/mol. The van der Waals surface area contributed by atoms with E-state index in [1.807, 2.05) is 0 Å². The van der Waals surface area contributed by atoms with E-state index in [1.165, 1.54) is 17.2 Å². The summed E-state index contributed by atoms with van der Waals surface area (Å²) >= 11 is 0. The largest absolute Gasteiger partial charge is 0.480 e. The number of carboxylic acid groups (broad SMARTS) is 1. The van der Waals surface area contributed by atoms with Crippen molar-refractivity contribution in [3.8, 4) is 0 Å². The molecule has 1 aliphatic heterocycles. The van der Waals surface area contributed by atoms with E-state index in [-0.39, 0.29) is 12.4 Å². The van der Waals surface area contributed by atoms with Crippen LogP contribution in [-0.2, 0) is 9.53 Å². The number of carboxylic acids is 1. The minimum absolute atomic E-state index is 0.225. The molecule has 0 saturated carbocycles. The molecule has 0 aromatic carbocycles. The second kappa shape index (κ2) is 6.04. The Labute approximate surface area is 129 Å². The number of rotatable bonds is 5. The van der Waals surface area contributed by atoms with Gasteiger partial charge in [-0.15, -0.1) is 0 Å². The summed E-state index contributed by atoms with van der Waals surface area (Å²) in [5.41, 5.74) is 0.592. The minimum atomic E-state index is -1.27. The normalized spacial score (nSPS) is 27.4. The number of hydrogen-bond donors (Lipinski definition) is 5. The van der Waals surface area contributed by atoms with Crippen molar-refractivity contribution >= 4 is 23.0 Å². The van der Waals surface area contributed by atoms with Crippen LogP contribution in [0.5, 0.6) is 0 Å². The first-order chi connectivity index (χ1) is 11.0. The van der Waals surface area contributed by atoms with E-state index < -0.39 is 37.1 Å². The lowest BCUT2D eigenvalue weighted by atomic mass is 10.1. The van der Waals surface area contributed by atoms with Crippen LogP contribution in [0, 0.1) is 0 Å². The third-order valence-corrected chi connectivity index (χ3v) is 3.56. The fourth-order valence-electron chi connectivity index (χ4n) is 2.44. The average molecular weight is 325 g/mol. The number of aliphatic hydroxyl groups is 3. The Morgan fingerprint density at radius 2 is 2.09 bits per heavy atom. The molecular weight excluding hydrogens is 310 g/mol. The van der Waals surface area contributed by atoms with Gasteiger partial charge in [0.15, 0.2) is 23.2 Å². The highest BCUT2D eigenvalue weighted by atomic mass is 16.6. The number of nitrogens with zero attached hydrogens (tertiary/aromatic N) is 4. The van der Waals surface area contributed by atoms with Crippen LogP contribution in [0.2, 0.25) is 0 Å². The monoisotopic (exact) mass is 325 g/mol. The molecule has 4 atom stereocenters. The van der Waals surface area contributed by atoms with E-state index >= 15 is 0 Å². The number of anilines is 1. The molecule has 0 spiro atoms. The predicted octanol–water partition coefficient (Wildman–Crippen LogP) is -2.07. The highest BCUT2D eigenvalue weighted by Gasteiger charge is 2.44. The fourth-order valence-corrected chi connectivity index (χ4v) is 2.44. The first kappa shape index (κ1) is 15.6. The zero-order chi connectivity index (χ0) is 16.6. The lowest BCUT2D eigenvalue weighted by Gasteiger charge is -2.16. The summed E-state index contributed by atoms with van der Waals surface area (Å²) in [5, 5.41) is 40.3. The fraction of sp³-hybridized carbons (Fsp3) is 0.500. The molecule has 11 heteroatoms. The SMILES string of the molecule is O=C(O)CNc1ncnc2c1ncn2C1OC(CO)C(O)C1O. The molecule has 2 aromatic heterocycles. The number of aliphatic hydroxyl groups excluding tert-OH is 3. The number of imidazole rings is 1. The number of fused-ring (bicyclic) bond motifs is 1. The number of aromatic nitrogens is 4. The summed E-state index contributed by atoms with van der Waals surface area (Å²) in [4.78, 5) is 22.7. The molecule has 1 aliphatic rings. The molecule has 0 bridgehead atoms. The highest BCUT2D eigenvalue weighted by Crippen LogP contribution is 2.31. The van der Waals surface area contributed by atoms with Gasteiger partial charge in [-0.2, -0.15) is 0 Å². The molecule has 0 aliphatic carbocycles. The van der Waals surface area contributed by atoms with Crippen LogP contribution in [0.1, 0.15) is 6.23 Å². The first-order valence-electron chi connectivity index (χ1n) is 6.78. The van der Waals surface area contributed by atoms with E-state index in [4.69, 9.17) is 14.9 Å². The summed E-state index contributed by atoms with van der Waals surface area (Å²) in [6.45, 7) is -0.783. The quantitative estimate of drug-likeness (QED) is 0.413. The number of aliphatic carboxylic acids is 1.